The lowest BCUT2D eigenvalue weighted by Gasteiger charge is -1.99. The summed E-state index contributed by atoms with van der Waals surface area (Å²) in [6, 6.07) is 4.13. The lowest BCUT2D eigenvalue weighted by Crippen LogP contribution is -1.91. The molecular formula is C11H11BrN2. The normalized spacial score (nSPS) is 16.4. The molecule has 1 aliphatic carbocycles. The van der Waals surface area contributed by atoms with Gasteiger partial charge >= 0.3 is 0 Å². The molecule has 0 unspecified atom stereocenters. The second-order valence-electron chi connectivity index (χ2n) is 3.90. The molecule has 0 aliphatic heterocycles. The lowest BCUT2D eigenvalue weighted by molar-refractivity contribution is 0.916. The minimum absolute atomic E-state index is 0.700. The molecule has 2 aromatic rings. The van der Waals surface area contributed by atoms with Crippen molar-refractivity contribution in [1.82, 2.24) is 9.38 Å². The van der Waals surface area contributed by atoms with Gasteiger partial charge in [-0.05, 0) is 47.8 Å². The van der Waals surface area contributed by atoms with Gasteiger partial charge in [0.25, 0.3) is 0 Å². The number of nitrogens with zero attached hydrogens (tertiary/aromatic N) is 2. The van der Waals surface area contributed by atoms with E-state index < -0.39 is 0 Å². The maximum Gasteiger partial charge on any atom is 0.116 e. The molecule has 1 aliphatic rings. The predicted octanol–water partition coefficient (Wildman–Crippen LogP) is 3.28. The van der Waals surface area contributed by atoms with Gasteiger partial charge in [-0.2, -0.15) is 0 Å². The number of halogens is 1. The van der Waals surface area contributed by atoms with Crippen molar-refractivity contribution in [2.45, 2.75) is 25.7 Å². The van der Waals surface area contributed by atoms with E-state index in [0.29, 0.717) is 5.92 Å². The fourth-order valence-electron chi connectivity index (χ4n) is 1.93. The molecule has 0 aromatic carbocycles. The quantitative estimate of drug-likeness (QED) is 0.760. The van der Waals surface area contributed by atoms with Crippen LogP contribution in [0.2, 0.25) is 0 Å². The number of rotatable bonds is 1. The first kappa shape index (κ1) is 8.48. The molecule has 1 fully saturated rings. The van der Waals surface area contributed by atoms with E-state index in [-0.39, 0.29) is 0 Å². The first-order valence-electron chi connectivity index (χ1n) is 4.90. The van der Waals surface area contributed by atoms with Gasteiger partial charge in [-0.3, -0.25) is 0 Å². The third kappa shape index (κ3) is 1.12. The van der Waals surface area contributed by atoms with E-state index in [1.54, 1.807) is 0 Å². The number of hydrogen-bond acceptors (Lipinski definition) is 1. The van der Waals surface area contributed by atoms with Crippen LogP contribution in [0.15, 0.2) is 22.8 Å². The van der Waals surface area contributed by atoms with Crippen molar-refractivity contribution < 1.29 is 0 Å². The largest absolute Gasteiger partial charge is 0.302 e. The van der Waals surface area contributed by atoms with Crippen LogP contribution >= 0.6 is 15.9 Å². The van der Waals surface area contributed by atoms with E-state index in [4.69, 9.17) is 0 Å². The van der Waals surface area contributed by atoms with Crippen molar-refractivity contribution in [2.75, 3.05) is 0 Å². The van der Waals surface area contributed by atoms with Gasteiger partial charge in [0.1, 0.15) is 5.82 Å². The highest BCUT2D eigenvalue weighted by Gasteiger charge is 2.28. The summed E-state index contributed by atoms with van der Waals surface area (Å²) in [6.45, 7) is 2.08. The van der Waals surface area contributed by atoms with Crippen LogP contribution < -0.4 is 0 Å². The van der Waals surface area contributed by atoms with E-state index >= 15 is 0 Å². The molecule has 0 atom stereocenters. The van der Waals surface area contributed by atoms with E-state index in [1.165, 1.54) is 24.2 Å². The zero-order valence-electron chi connectivity index (χ0n) is 8.00. The van der Waals surface area contributed by atoms with Crippen LogP contribution in [0.4, 0.5) is 0 Å². The van der Waals surface area contributed by atoms with Crippen LogP contribution in [-0.4, -0.2) is 9.38 Å². The Balaban J connectivity index is 2.37. The summed E-state index contributed by atoms with van der Waals surface area (Å²) in [5.41, 5.74) is 2.34. The molecule has 3 heteroatoms. The molecule has 0 bridgehead atoms. The van der Waals surface area contributed by atoms with Crippen molar-refractivity contribution >= 4 is 21.4 Å². The minimum Gasteiger partial charge on any atom is -0.302 e. The predicted molar refractivity (Wildman–Crippen MR) is 59.6 cm³/mol. The number of aromatic nitrogens is 2. The van der Waals surface area contributed by atoms with E-state index in [2.05, 4.69) is 50.6 Å². The van der Waals surface area contributed by atoms with Gasteiger partial charge < -0.3 is 4.40 Å². The van der Waals surface area contributed by atoms with Crippen molar-refractivity contribution in [3.8, 4) is 0 Å². The third-order valence-corrected chi connectivity index (χ3v) is 3.40. The Morgan fingerprint density at radius 1 is 1.50 bits per heavy atom. The molecule has 0 spiro atoms. The fraction of sp³-hybridized carbons (Fsp3) is 0.364. The maximum atomic E-state index is 4.65. The van der Waals surface area contributed by atoms with Crippen LogP contribution in [-0.2, 0) is 0 Å². The summed E-state index contributed by atoms with van der Waals surface area (Å²) in [5, 5.41) is 0. The maximum absolute atomic E-state index is 4.65. The summed E-state index contributed by atoms with van der Waals surface area (Å²) in [4.78, 5) is 4.65. The Morgan fingerprint density at radius 2 is 2.29 bits per heavy atom. The highest BCUT2D eigenvalue weighted by Crippen LogP contribution is 2.40. The molecular weight excluding hydrogens is 240 g/mol. The number of aryl methyl sites for hydroxylation is 1. The van der Waals surface area contributed by atoms with Crippen LogP contribution in [0.5, 0.6) is 0 Å². The van der Waals surface area contributed by atoms with Crippen LogP contribution in [0.3, 0.4) is 0 Å². The summed E-state index contributed by atoms with van der Waals surface area (Å²) in [6.07, 6.45) is 4.70. The van der Waals surface area contributed by atoms with Gasteiger partial charge in [-0.25, -0.2) is 4.98 Å². The summed E-state index contributed by atoms with van der Waals surface area (Å²) < 4.78 is 3.36. The molecule has 72 valence electrons. The van der Waals surface area contributed by atoms with Crippen LogP contribution in [0, 0.1) is 6.92 Å². The van der Waals surface area contributed by atoms with Gasteiger partial charge in [0.15, 0.2) is 0 Å². The topological polar surface area (TPSA) is 17.3 Å². The minimum atomic E-state index is 0.700. The molecule has 3 rings (SSSR count). The molecule has 2 nitrogen and oxygen atoms in total. The number of pyridine rings is 1. The van der Waals surface area contributed by atoms with Crippen molar-refractivity contribution in [3.05, 3.63) is 34.3 Å². The summed E-state index contributed by atoms with van der Waals surface area (Å²) in [5.74, 6) is 1.93. The molecule has 2 heterocycles. The Kier molecular flexibility index (Phi) is 1.71. The third-order valence-electron chi connectivity index (χ3n) is 2.76. The zero-order valence-corrected chi connectivity index (χ0v) is 9.58. The molecule has 0 radical (unpaired) electrons. The molecule has 1 saturated carbocycles. The zero-order chi connectivity index (χ0) is 9.71. The van der Waals surface area contributed by atoms with Gasteiger partial charge in [0, 0.05) is 16.6 Å². The van der Waals surface area contributed by atoms with E-state index in [9.17, 15) is 0 Å². The number of imidazole rings is 1. The number of hydrogen-bond donors (Lipinski definition) is 0. The molecule has 0 N–H and O–H groups in total. The van der Waals surface area contributed by atoms with Crippen molar-refractivity contribution in [3.63, 3.8) is 0 Å². The highest BCUT2D eigenvalue weighted by atomic mass is 79.9. The van der Waals surface area contributed by atoms with E-state index in [1.807, 2.05) is 0 Å². The van der Waals surface area contributed by atoms with Gasteiger partial charge in [0.05, 0.1) is 11.2 Å². The summed E-state index contributed by atoms with van der Waals surface area (Å²) >= 11 is 3.57. The van der Waals surface area contributed by atoms with Gasteiger partial charge in [-0.15, -0.1) is 0 Å². The number of fused-ring (bicyclic) bond motifs is 1. The van der Waals surface area contributed by atoms with E-state index in [0.717, 1.165) is 10.2 Å². The van der Waals surface area contributed by atoms with Crippen molar-refractivity contribution in [1.29, 1.82) is 0 Å². The molecule has 14 heavy (non-hydrogen) atoms. The Morgan fingerprint density at radius 3 is 3.00 bits per heavy atom. The Bertz CT molecular complexity index is 497. The Hall–Kier alpha value is -0.830. The molecule has 0 amide bonds. The second-order valence-corrected chi connectivity index (χ2v) is 4.76. The first-order valence-corrected chi connectivity index (χ1v) is 5.70. The molecule has 0 saturated heterocycles. The monoisotopic (exact) mass is 250 g/mol. The van der Waals surface area contributed by atoms with Gasteiger partial charge in [-0.1, -0.05) is 0 Å². The average Bonchev–Trinajstić information content (AvgIpc) is 2.93. The average molecular weight is 251 g/mol. The van der Waals surface area contributed by atoms with Gasteiger partial charge in [0.2, 0.25) is 0 Å². The highest BCUT2D eigenvalue weighted by molar-refractivity contribution is 9.10. The lowest BCUT2D eigenvalue weighted by atomic mass is 10.3. The summed E-state index contributed by atoms with van der Waals surface area (Å²) in [7, 11) is 0. The SMILES string of the molecule is Cc1nc(C2CC2)n2cccc(Br)c12. The standard InChI is InChI=1S/C11H11BrN2/c1-7-10-9(12)3-2-6-14(10)11(13-7)8-4-5-8/h2-3,6,8H,4-5H2,1H3. The first-order chi connectivity index (χ1) is 6.77. The Labute approximate surface area is 91.1 Å². The van der Waals surface area contributed by atoms with Crippen LogP contribution in [0.1, 0.15) is 30.3 Å². The smallest absolute Gasteiger partial charge is 0.116 e. The fourth-order valence-corrected chi connectivity index (χ4v) is 2.56. The van der Waals surface area contributed by atoms with Crippen molar-refractivity contribution in [2.24, 2.45) is 0 Å². The van der Waals surface area contributed by atoms with Crippen LogP contribution in [0.25, 0.3) is 5.52 Å². The second kappa shape index (κ2) is 2.83. The molecule has 2 aromatic heterocycles.